The van der Waals surface area contributed by atoms with E-state index in [1.54, 1.807) is 13.2 Å². The summed E-state index contributed by atoms with van der Waals surface area (Å²) in [4.78, 5) is 2.14. The lowest BCUT2D eigenvalue weighted by Crippen LogP contribution is -2.43. The summed E-state index contributed by atoms with van der Waals surface area (Å²) >= 11 is 0. The minimum absolute atomic E-state index is 0.278. The standard InChI is InChI=1S/C14H17FN2O/c1-10-5-14(18-2)3-4-17(10)13-7-11(9-16)6-12(15)8-13/h6-8,10,14H,3-5H2,1-2H3. The van der Waals surface area contributed by atoms with Gasteiger partial charge in [-0.25, -0.2) is 4.39 Å². The van der Waals surface area contributed by atoms with Crippen molar-refractivity contribution in [2.45, 2.75) is 31.9 Å². The first-order chi connectivity index (χ1) is 8.63. The Labute approximate surface area is 107 Å². The predicted octanol–water partition coefficient (Wildman–Crippen LogP) is 2.70. The van der Waals surface area contributed by atoms with Gasteiger partial charge in [0.25, 0.3) is 0 Å². The molecule has 1 aromatic carbocycles. The van der Waals surface area contributed by atoms with Crippen LogP contribution in [0.1, 0.15) is 25.3 Å². The first-order valence-corrected chi connectivity index (χ1v) is 6.14. The molecule has 0 aromatic heterocycles. The van der Waals surface area contributed by atoms with Crippen LogP contribution < -0.4 is 4.90 Å². The molecule has 4 heteroatoms. The molecular formula is C14H17FN2O. The molecule has 0 N–H and O–H groups in total. The Morgan fingerprint density at radius 2 is 2.22 bits per heavy atom. The summed E-state index contributed by atoms with van der Waals surface area (Å²) in [6.07, 6.45) is 2.13. The van der Waals surface area contributed by atoms with E-state index in [1.807, 2.05) is 6.07 Å². The van der Waals surface area contributed by atoms with E-state index in [9.17, 15) is 4.39 Å². The molecule has 1 fully saturated rings. The van der Waals surface area contributed by atoms with E-state index >= 15 is 0 Å². The molecule has 2 atom stereocenters. The van der Waals surface area contributed by atoms with Gasteiger partial charge in [0.15, 0.2) is 0 Å². The Morgan fingerprint density at radius 1 is 1.44 bits per heavy atom. The van der Waals surface area contributed by atoms with Crippen LogP contribution in [0.2, 0.25) is 0 Å². The molecule has 1 saturated heterocycles. The van der Waals surface area contributed by atoms with Crippen LogP contribution in [-0.4, -0.2) is 25.8 Å². The monoisotopic (exact) mass is 248 g/mol. The normalized spacial score (nSPS) is 23.8. The quantitative estimate of drug-likeness (QED) is 0.807. The summed E-state index contributed by atoms with van der Waals surface area (Å²) in [6, 6.07) is 6.77. The summed E-state index contributed by atoms with van der Waals surface area (Å²) < 4.78 is 18.8. The number of nitriles is 1. The highest BCUT2D eigenvalue weighted by Gasteiger charge is 2.25. The van der Waals surface area contributed by atoms with Crippen LogP contribution in [0.15, 0.2) is 18.2 Å². The molecule has 3 nitrogen and oxygen atoms in total. The molecule has 18 heavy (non-hydrogen) atoms. The van der Waals surface area contributed by atoms with Crippen molar-refractivity contribution in [2.24, 2.45) is 0 Å². The molecule has 1 aliphatic rings. The third-order valence-corrected chi connectivity index (χ3v) is 3.50. The molecule has 0 amide bonds. The highest BCUT2D eigenvalue weighted by molar-refractivity contribution is 5.53. The lowest BCUT2D eigenvalue weighted by molar-refractivity contribution is 0.0721. The Kier molecular flexibility index (Phi) is 3.83. The van der Waals surface area contributed by atoms with Gasteiger partial charge in [0.2, 0.25) is 0 Å². The number of piperidine rings is 1. The topological polar surface area (TPSA) is 36.3 Å². The van der Waals surface area contributed by atoms with Crippen molar-refractivity contribution in [3.8, 4) is 6.07 Å². The van der Waals surface area contributed by atoms with Gasteiger partial charge in [0.05, 0.1) is 17.7 Å². The molecule has 0 saturated carbocycles. The Balaban J connectivity index is 2.22. The van der Waals surface area contributed by atoms with Crippen molar-refractivity contribution in [1.82, 2.24) is 0 Å². The lowest BCUT2D eigenvalue weighted by Gasteiger charge is -2.38. The van der Waals surface area contributed by atoms with E-state index in [-0.39, 0.29) is 18.0 Å². The van der Waals surface area contributed by atoms with E-state index in [4.69, 9.17) is 10.00 Å². The average molecular weight is 248 g/mol. The Morgan fingerprint density at radius 3 is 2.83 bits per heavy atom. The van der Waals surface area contributed by atoms with Crippen LogP contribution in [0.25, 0.3) is 0 Å². The number of hydrogen-bond acceptors (Lipinski definition) is 3. The van der Waals surface area contributed by atoms with Crippen LogP contribution in [-0.2, 0) is 4.74 Å². The third kappa shape index (κ3) is 2.62. The fourth-order valence-corrected chi connectivity index (χ4v) is 2.53. The van der Waals surface area contributed by atoms with E-state index in [2.05, 4.69) is 11.8 Å². The van der Waals surface area contributed by atoms with Crippen LogP contribution in [0.4, 0.5) is 10.1 Å². The molecule has 0 aliphatic carbocycles. The molecule has 1 heterocycles. The van der Waals surface area contributed by atoms with Crippen molar-refractivity contribution >= 4 is 5.69 Å². The van der Waals surface area contributed by atoms with Gasteiger partial charge in [-0.2, -0.15) is 5.26 Å². The van der Waals surface area contributed by atoms with Crippen LogP contribution in [0.5, 0.6) is 0 Å². The Hall–Kier alpha value is -1.60. The van der Waals surface area contributed by atoms with E-state index in [1.165, 1.54) is 12.1 Å². The number of halogens is 1. The molecule has 0 spiro atoms. The second-order valence-corrected chi connectivity index (χ2v) is 4.73. The zero-order chi connectivity index (χ0) is 13.1. The molecule has 96 valence electrons. The smallest absolute Gasteiger partial charge is 0.126 e. The minimum Gasteiger partial charge on any atom is -0.381 e. The molecule has 0 bridgehead atoms. The Bertz CT molecular complexity index is 469. The number of benzene rings is 1. The SMILES string of the molecule is COC1CCN(c2cc(F)cc(C#N)c2)C(C)C1. The third-order valence-electron chi connectivity index (χ3n) is 3.50. The summed E-state index contributed by atoms with van der Waals surface area (Å²) in [5.41, 5.74) is 1.15. The van der Waals surface area contributed by atoms with E-state index in [0.717, 1.165) is 25.1 Å². The molecule has 2 unspecified atom stereocenters. The van der Waals surface area contributed by atoms with Crippen molar-refractivity contribution in [3.05, 3.63) is 29.6 Å². The van der Waals surface area contributed by atoms with Crippen molar-refractivity contribution in [2.75, 3.05) is 18.6 Å². The number of rotatable bonds is 2. The molecular weight excluding hydrogens is 231 g/mol. The van der Waals surface area contributed by atoms with Gasteiger partial charge >= 0.3 is 0 Å². The zero-order valence-corrected chi connectivity index (χ0v) is 10.7. The zero-order valence-electron chi connectivity index (χ0n) is 10.7. The lowest BCUT2D eigenvalue weighted by atomic mass is 9.99. The number of nitrogens with zero attached hydrogens (tertiary/aromatic N) is 2. The number of hydrogen-bond donors (Lipinski definition) is 0. The molecule has 1 aromatic rings. The summed E-state index contributed by atoms with van der Waals surface area (Å²) in [5, 5.41) is 8.88. The van der Waals surface area contributed by atoms with Crippen LogP contribution >= 0.6 is 0 Å². The highest BCUT2D eigenvalue weighted by atomic mass is 19.1. The number of methoxy groups -OCH3 is 1. The summed E-state index contributed by atoms with van der Waals surface area (Å²) in [6.45, 7) is 2.93. The fourth-order valence-electron chi connectivity index (χ4n) is 2.53. The van der Waals surface area contributed by atoms with E-state index < -0.39 is 0 Å². The second-order valence-electron chi connectivity index (χ2n) is 4.73. The minimum atomic E-state index is -0.356. The molecule has 2 rings (SSSR count). The first kappa shape index (κ1) is 12.8. The van der Waals surface area contributed by atoms with Gasteiger partial charge in [-0.1, -0.05) is 0 Å². The fraction of sp³-hybridized carbons (Fsp3) is 0.500. The highest BCUT2D eigenvalue weighted by Crippen LogP contribution is 2.27. The van der Waals surface area contributed by atoms with Crippen LogP contribution in [0.3, 0.4) is 0 Å². The summed E-state index contributed by atoms with van der Waals surface area (Å²) in [5.74, 6) is -0.356. The van der Waals surface area contributed by atoms with Gasteiger partial charge in [-0.15, -0.1) is 0 Å². The van der Waals surface area contributed by atoms with Crippen molar-refractivity contribution in [3.63, 3.8) is 0 Å². The largest absolute Gasteiger partial charge is 0.381 e. The first-order valence-electron chi connectivity index (χ1n) is 6.14. The maximum absolute atomic E-state index is 13.4. The van der Waals surface area contributed by atoms with E-state index in [0.29, 0.717) is 5.56 Å². The maximum Gasteiger partial charge on any atom is 0.126 e. The van der Waals surface area contributed by atoms with Crippen molar-refractivity contribution in [1.29, 1.82) is 5.26 Å². The number of anilines is 1. The number of ether oxygens (including phenoxy) is 1. The van der Waals surface area contributed by atoms with Gasteiger partial charge in [-0.3, -0.25) is 0 Å². The molecule has 1 aliphatic heterocycles. The second kappa shape index (κ2) is 5.36. The van der Waals surface area contributed by atoms with Gasteiger partial charge in [0.1, 0.15) is 5.82 Å². The van der Waals surface area contributed by atoms with Crippen molar-refractivity contribution < 1.29 is 9.13 Å². The predicted molar refractivity (Wildman–Crippen MR) is 68.0 cm³/mol. The average Bonchev–Trinajstić information content (AvgIpc) is 2.37. The maximum atomic E-state index is 13.4. The van der Waals surface area contributed by atoms with Crippen LogP contribution in [0, 0.1) is 17.1 Å². The molecule has 0 radical (unpaired) electrons. The van der Waals surface area contributed by atoms with Gasteiger partial charge in [-0.05, 0) is 38.0 Å². The van der Waals surface area contributed by atoms with Gasteiger partial charge < -0.3 is 9.64 Å². The van der Waals surface area contributed by atoms with Gasteiger partial charge in [0, 0.05) is 25.4 Å². The summed E-state index contributed by atoms with van der Waals surface area (Å²) in [7, 11) is 1.73.